The highest BCUT2D eigenvalue weighted by molar-refractivity contribution is 6.09. The molecule has 112 valence electrons. The van der Waals surface area contributed by atoms with Crippen molar-refractivity contribution in [2.75, 3.05) is 6.61 Å². The van der Waals surface area contributed by atoms with E-state index in [9.17, 15) is 4.79 Å². The third-order valence-corrected chi connectivity index (χ3v) is 3.37. The van der Waals surface area contributed by atoms with Crippen molar-refractivity contribution in [1.29, 1.82) is 0 Å². The summed E-state index contributed by atoms with van der Waals surface area (Å²) in [5.41, 5.74) is 3.70. The van der Waals surface area contributed by atoms with E-state index in [0.717, 1.165) is 21.7 Å². The van der Waals surface area contributed by atoms with Gasteiger partial charge in [-0.25, -0.2) is 10.2 Å². The van der Waals surface area contributed by atoms with E-state index in [0.29, 0.717) is 18.1 Å². The van der Waals surface area contributed by atoms with Crippen molar-refractivity contribution < 1.29 is 13.9 Å². The molecular formula is C17H16N2O3. The first-order chi connectivity index (χ1) is 10.7. The van der Waals surface area contributed by atoms with Crippen molar-refractivity contribution in [3.63, 3.8) is 0 Å². The van der Waals surface area contributed by atoms with Gasteiger partial charge in [-0.15, -0.1) is 0 Å². The Hall–Kier alpha value is -2.82. The third kappa shape index (κ3) is 2.65. The van der Waals surface area contributed by atoms with Crippen LogP contribution in [0.4, 0.5) is 4.79 Å². The lowest BCUT2D eigenvalue weighted by atomic mass is 10.1. The zero-order chi connectivity index (χ0) is 15.5. The molecule has 0 aliphatic heterocycles. The van der Waals surface area contributed by atoms with Crippen molar-refractivity contribution >= 4 is 33.5 Å². The average molecular weight is 296 g/mol. The topological polar surface area (TPSA) is 63.8 Å². The molecule has 0 aliphatic rings. The van der Waals surface area contributed by atoms with E-state index in [1.165, 1.54) is 0 Å². The van der Waals surface area contributed by atoms with Crippen molar-refractivity contribution in [1.82, 2.24) is 5.43 Å². The van der Waals surface area contributed by atoms with Crippen LogP contribution >= 0.6 is 0 Å². The first-order valence-corrected chi connectivity index (χ1v) is 7.07. The molecule has 0 bridgehead atoms. The van der Waals surface area contributed by atoms with Crippen molar-refractivity contribution in [3.8, 4) is 0 Å². The molecule has 0 radical (unpaired) electrons. The zero-order valence-corrected chi connectivity index (χ0v) is 12.4. The number of carbonyl (C=O) groups is 1. The highest BCUT2D eigenvalue weighted by Crippen LogP contribution is 2.28. The maximum Gasteiger partial charge on any atom is 0.427 e. The normalized spacial score (nSPS) is 11.8. The first kappa shape index (κ1) is 14.1. The number of benzene rings is 2. The molecule has 0 spiro atoms. The van der Waals surface area contributed by atoms with Gasteiger partial charge in [0.25, 0.3) is 0 Å². The number of hydrogen-bond acceptors (Lipinski definition) is 4. The molecule has 5 heteroatoms. The summed E-state index contributed by atoms with van der Waals surface area (Å²) in [7, 11) is 0. The van der Waals surface area contributed by atoms with Crippen LogP contribution in [0.5, 0.6) is 0 Å². The Morgan fingerprint density at radius 3 is 2.86 bits per heavy atom. The lowest BCUT2D eigenvalue weighted by Crippen LogP contribution is -2.20. The molecule has 0 unspecified atom stereocenters. The Kier molecular flexibility index (Phi) is 3.78. The van der Waals surface area contributed by atoms with E-state index >= 15 is 0 Å². The number of ether oxygens (including phenoxy) is 1. The van der Waals surface area contributed by atoms with Gasteiger partial charge < -0.3 is 9.15 Å². The molecule has 0 fully saturated rings. The number of furan rings is 1. The van der Waals surface area contributed by atoms with Gasteiger partial charge in [0.15, 0.2) is 5.76 Å². The number of nitrogens with one attached hydrogen (secondary N) is 1. The Morgan fingerprint density at radius 2 is 2.05 bits per heavy atom. The van der Waals surface area contributed by atoms with Crippen LogP contribution in [0.3, 0.4) is 0 Å². The van der Waals surface area contributed by atoms with E-state index < -0.39 is 6.09 Å². The smallest absolute Gasteiger partial charge is 0.427 e. The van der Waals surface area contributed by atoms with Gasteiger partial charge in [-0.2, -0.15) is 5.10 Å². The van der Waals surface area contributed by atoms with E-state index in [1.807, 2.05) is 30.3 Å². The fourth-order valence-corrected chi connectivity index (χ4v) is 2.32. The first-order valence-electron chi connectivity index (χ1n) is 7.07. The Morgan fingerprint density at radius 1 is 1.23 bits per heavy atom. The van der Waals surface area contributed by atoms with Crippen molar-refractivity contribution in [2.24, 2.45) is 5.10 Å². The fourth-order valence-electron chi connectivity index (χ4n) is 2.32. The Bertz CT molecular complexity index is 865. The van der Waals surface area contributed by atoms with Gasteiger partial charge in [0, 0.05) is 5.39 Å². The maximum atomic E-state index is 11.3. The number of carbonyl (C=O) groups excluding carboxylic acids is 1. The van der Waals surface area contributed by atoms with Gasteiger partial charge in [-0.3, -0.25) is 0 Å². The van der Waals surface area contributed by atoms with E-state index in [-0.39, 0.29) is 0 Å². The highest BCUT2D eigenvalue weighted by atomic mass is 16.5. The molecule has 22 heavy (non-hydrogen) atoms. The molecule has 1 aromatic heterocycles. The van der Waals surface area contributed by atoms with Crippen LogP contribution in [-0.2, 0) is 4.74 Å². The van der Waals surface area contributed by atoms with Gasteiger partial charge >= 0.3 is 6.09 Å². The van der Waals surface area contributed by atoms with Crippen LogP contribution < -0.4 is 5.43 Å². The second-order valence-electron chi connectivity index (χ2n) is 4.84. The summed E-state index contributed by atoms with van der Waals surface area (Å²) in [5.74, 6) is 0.614. The van der Waals surface area contributed by atoms with Crippen LogP contribution in [0.2, 0.25) is 0 Å². The molecule has 3 rings (SSSR count). The Balaban J connectivity index is 1.96. The molecule has 0 saturated heterocycles. The third-order valence-electron chi connectivity index (χ3n) is 3.37. The summed E-state index contributed by atoms with van der Waals surface area (Å²) in [6.07, 6.45) is -0.580. The largest absolute Gasteiger partial charge is 0.455 e. The second kappa shape index (κ2) is 5.89. The van der Waals surface area contributed by atoms with Gasteiger partial charge in [-0.1, -0.05) is 30.3 Å². The monoisotopic (exact) mass is 296 g/mol. The zero-order valence-electron chi connectivity index (χ0n) is 12.4. The number of hydrogen-bond donors (Lipinski definition) is 1. The van der Waals surface area contributed by atoms with E-state index in [2.05, 4.69) is 22.7 Å². The summed E-state index contributed by atoms with van der Waals surface area (Å²) in [5, 5.41) is 7.29. The van der Waals surface area contributed by atoms with Gasteiger partial charge in [0.05, 0.1) is 6.61 Å². The predicted octanol–water partition coefficient (Wildman–Crippen LogP) is 4.06. The molecule has 1 N–H and O–H groups in total. The molecule has 1 heterocycles. The summed E-state index contributed by atoms with van der Waals surface area (Å²) in [4.78, 5) is 11.3. The highest BCUT2D eigenvalue weighted by Gasteiger charge is 2.10. The molecule has 3 aromatic rings. The lowest BCUT2D eigenvalue weighted by molar-refractivity contribution is 0.152. The molecule has 0 saturated carbocycles. The van der Waals surface area contributed by atoms with Crippen molar-refractivity contribution in [3.05, 3.63) is 48.2 Å². The average Bonchev–Trinajstić information content (AvgIpc) is 2.97. The molecular weight excluding hydrogens is 280 g/mol. The second-order valence-corrected chi connectivity index (χ2v) is 4.84. The summed E-state index contributed by atoms with van der Waals surface area (Å²) in [6, 6.07) is 14.0. The summed E-state index contributed by atoms with van der Waals surface area (Å²) >= 11 is 0. The van der Waals surface area contributed by atoms with Crippen LogP contribution in [0.1, 0.15) is 19.6 Å². The van der Waals surface area contributed by atoms with Crippen LogP contribution in [0.25, 0.3) is 21.7 Å². The van der Waals surface area contributed by atoms with Gasteiger partial charge in [0.2, 0.25) is 0 Å². The fraction of sp³-hybridized carbons (Fsp3) is 0.176. The van der Waals surface area contributed by atoms with Crippen molar-refractivity contribution in [2.45, 2.75) is 13.8 Å². The van der Waals surface area contributed by atoms with Gasteiger partial charge in [0.1, 0.15) is 11.3 Å². The van der Waals surface area contributed by atoms with Crippen LogP contribution in [0.15, 0.2) is 52.0 Å². The summed E-state index contributed by atoms with van der Waals surface area (Å²) in [6.45, 7) is 3.81. The number of hydrazone groups is 1. The minimum absolute atomic E-state index is 0.303. The van der Waals surface area contributed by atoms with E-state index in [1.54, 1.807) is 13.8 Å². The molecule has 1 amide bonds. The minimum Gasteiger partial charge on any atom is -0.455 e. The molecule has 5 nitrogen and oxygen atoms in total. The SMILES string of the molecule is CCOC(=O)N/N=C(/C)c1cc2c(ccc3ccccc32)o1. The number of amides is 1. The number of nitrogens with zero attached hydrogens (tertiary/aromatic N) is 1. The summed E-state index contributed by atoms with van der Waals surface area (Å²) < 4.78 is 10.6. The number of fused-ring (bicyclic) bond motifs is 3. The van der Waals surface area contributed by atoms with E-state index in [4.69, 9.17) is 9.15 Å². The standard InChI is InChI=1S/C17H16N2O3/c1-3-21-17(20)19-18-11(2)16-10-14-13-7-5-4-6-12(13)8-9-15(14)22-16/h4-10H,3H2,1-2H3,(H,19,20)/b18-11-. The minimum atomic E-state index is -0.580. The van der Waals surface area contributed by atoms with Crippen LogP contribution in [-0.4, -0.2) is 18.4 Å². The lowest BCUT2D eigenvalue weighted by Gasteiger charge is -2.00. The molecule has 2 aromatic carbocycles. The van der Waals surface area contributed by atoms with Gasteiger partial charge in [-0.05, 0) is 36.8 Å². The quantitative estimate of drug-likeness (QED) is 0.585. The van der Waals surface area contributed by atoms with Crippen LogP contribution in [0, 0.1) is 0 Å². The number of rotatable bonds is 3. The maximum absolute atomic E-state index is 11.3. The molecule has 0 atom stereocenters. The predicted molar refractivity (Wildman–Crippen MR) is 86.1 cm³/mol. The Labute approximate surface area is 127 Å². The molecule has 0 aliphatic carbocycles.